The number of aliphatic hydroxyl groups excluding tert-OH is 1. The molecule has 49 heavy (non-hydrogen) atoms. The van der Waals surface area contributed by atoms with Gasteiger partial charge in [-0.2, -0.15) is 12.6 Å². The first-order valence-electron chi connectivity index (χ1n) is 15.6. The molecule has 0 aromatic heterocycles. The lowest BCUT2D eigenvalue weighted by molar-refractivity contribution is -0.142. The number of hydrogen-bond donors (Lipinski definition) is 14. The molecule has 19 N–H and O–H groups in total. The number of thiol groups is 1. The zero-order valence-electron chi connectivity index (χ0n) is 27.6. The van der Waals surface area contributed by atoms with Crippen LogP contribution in [0.4, 0.5) is 0 Å². The van der Waals surface area contributed by atoms with Crippen LogP contribution in [0.3, 0.4) is 0 Å². The van der Waals surface area contributed by atoms with Gasteiger partial charge in [0.05, 0.1) is 18.7 Å². The summed E-state index contributed by atoms with van der Waals surface area (Å²) in [4.78, 5) is 83.3. The van der Waals surface area contributed by atoms with Gasteiger partial charge in [0.25, 0.3) is 0 Å². The van der Waals surface area contributed by atoms with Crippen LogP contribution in [0.2, 0.25) is 0 Å². The van der Waals surface area contributed by atoms with Gasteiger partial charge in [0.1, 0.15) is 24.2 Å². The normalized spacial score (nSPS) is 14.4. The van der Waals surface area contributed by atoms with E-state index in [-0.39, 0.29) is 56.4 Å². The molecule has 0 aliphatic rings. The number of carboxylic acids is 1. The van der Waals surface area contributed by atoms with Crippen LogP contribution < -0.4 is 61.0 Å². The number of aliphatic carboxylic acids is 1. The molecule has 5 amide bonds. The van der Waals surface area contributed by atoms with Crippen molar-refractivity contribution in [2.45, 2.75) is 88.2 Å². The van der Waals surface area contributed by atoms with E-state index in [9.17, 15) is 39.0 Å². The lowest BCUT2D eigenvalue weighted by Crippen LogP contribution is -2.59. The Morgan fingerprint density at radius 3 is 1.76 bits per heavy atom. The molecule has 0 aliphatic carbocycles. The van der Waals surface area contributed by atoms with E-state index < -0.39 is 78.4 Å². The summed E-state index contributed by atoms with van der Waals surface area (Å²) >= 11 is 4.05. The van der Waals surface area contributed by atoms with Gasteiger partial charge >= 0.3 is 5.97 Å². The maximum absolute atomic E-state index is 13.1. The number of unbranched alkanes of at least 4 members (excludes halogenated alkanes) is 1. The first-order valence-corrected chi connectivity index (χ1v) is 16.2. The number of carbonyl (C=O) groups is 6. The van der Waals surface area contributed by atoms with Crippen LogP contribution in [-0.4, -0.2) is 126 Å². The lowest BCUT2D eigenvalue weighted by Gasteiger charge is -2.26. The Morgan fingerprint density at radius 2 is 1.27 bits per heavy atom. The molecule has 22 heteroatoms. The molecule has 0 aromatic carbocycles. The summed E-state index contributed by atoms with van der Waals surface area (Å²) in [5.41, 5.74) is 32.5. The number of carbonyl (C=O) groups excluding carboxylic acids is 5. The number of nitrogens with one attached hydrogen (secondary N) is 5. The SMILES string of the molecule is C[C@@H](O)[C@H](NC(=O)[C@@H](N)CCCCN)C(=O)N[C@H](CCCN=C(N)N)C(=O)NCC(=O)N[C@H](CS)C(=O)N[C@@H](CCCN=C(N)N)C(=O)O. The second-order valence-electron chi connectivity index (χ2n) is 11.0. The van der Waals surface area contributed by atoms with Crippen LogP contribution in [-0.2, 0) is 28.8 Å². The summed E-state index contributed by atoms with van der Waals surface area (Å²) in [6.45, 7) is 1.28. The Hall–Kier alpha value is -4.41. The van der Waals surface area contributed by atoms with Gasteiger partial charge in [-0.15, -0.1) is 0 Å². The Bertz CT molecular complexity index is 1150. The molecule has 0 spiro atoms. The number of aliphatic hydroxyl groups is 1. The van der Waals surface area contributed by atoms with E-state index >= 15 is 0 Å². The van der Waals surface area contributed by atoms with Crippen LogP contribution in [0.15, 0.2) is 9.98 Å². The van der Waals surface area contributed by atoms with Crippen molar-refractivity contribution in [1.82, 2.24) is 26.6 Å². The molecule has 0 unspecified atom stereocenters. The first kappa shape index (κ1) is 44.6. The van der Waals surface area contributed by atoms with Crippen LogP contribution in [0.25, 0.3) is 0 Å². The topological polar surface area (TPSA) is 384 Å². The van der Waals surface area contributed by atoms with Crippen molar-refractivity contribution >= 4 is 60.1 Å². The average Bonchev–Trinajstić information content (AvgIpc) is 3.03. The fraction of sp³-hybridized carbons (Fsp3) is 0.704. The van der Waals surface area contributed by atoms with Gasteiger partial charge in [-0.1, -0.05) is 6.42 Å². The minimum absolute atomic E-state index is 0.00135. The van der Waals surface area contributed by atoms with E-state index in [1.807, 2.05) is 0 Å². The van der Waals surface area contributed by atoms with Crippen molar-refractivity contribution < 1.29 is 39.0 Å². The summed E-state index contributed by atoms with van der Waals surface area (Å²) in [5, 5.41) is 31.5. The van der Waals surface area contributed by atoms with E-state index in [0.29, 0.717) is 25.8 Å². The van der Waals surface area contributed by atoms with Crippen molar-refractivity contribution in [3.63, 3.8) is 0 Å². The van der Waals surface area contributed by atoms with Crippen LogP contribution in [0, 0.1) is 0 Å². The molecule has 0 saturated carbocycles. The molecule has 0 radical (unpaired) electrons. The summed E-state index contributed by atoms with van der Waals surface area (Å²) in [7, 11) is 0. The van der Waals surface area contributed by atoms with Gasteiger partial charge in [0, 0.05) is 18.8 Å². The van der Waals surface area contributed by atoms with E-state index in [1.165, 1.54) is 6.92 Å². The smallest absolute Gasteiger partial charge is 0.326 e. The van der Waals surface area contributed by atoms with Crippen LogP contribution >= 0.6 is 12.6 Å². The number of hydrogen-bond acceptors (Lipinski definition) is 12. The van der Waals surface area contributed by atoms with Gasteiger partial charge in [-0.25, -0.2) is 4.79 Å². The third-order valence-corrected chi connectivity index (χ3v) is 7.13. The molecule has 280 valence electrons. The zero-order valence-corrected chi connectivity index (χ0v) is 28.5. The maximum atomic E-state index is 13.1. The summed E-state index contributed by atoms with van der Waals surface area (Å²) in [5.74, 6) is -5.95. The summed E-state index contributed by atoms with van der Waals surface area (Å²) in [6, 6.07) is -6.28. The first-order chi connectivity index (χ1) is 23.0. The molecule has 0 fully saturated rings. The predicted octanol–water partition coefficient (Wildman–Crippen LogP) is -6.00. The lowest BCUT2D eigenvalue weighted by atomic mass is 10.1. The van der Waals surface area contributed by atoms with Gasteiger partial charge in [-0.3, -0.25) is 34.0 Å². The highest BCUT2D eigenvalue weighted by molar-refractivity contribution is 7.80. The van der Waals surface area contributed by atoms with Crippen LogP contribution in [0.5, 0.6) is 0 Å². The molecule has 0 aromatic rings. The zero-order chi connectivity index (χ0) is 37.5. The number of nitrogens with zero attached hydrogens (tertiary/aromatic N) is 2. The molecule has 0 aliphatic heterocycles. The van der Waals surface area contributed by atoms with Crippen molar-refractivity contribution in [1.29, 1.82) is 0 Å². The highest BCUT2D eigenvalue weighted by Gasteiger charge is 2.31. The Labute approximate surface area is 290 Å². The van der Waals surface area contributed by atoms with Gasteiger partial charge in [0.2, 0.25) is 29.5 Å². The summed E-state index contributed by atoms with van der Waals surface area (Å²) < 4.78 is 0. The van der Waals surface area contributed by atoms with E-state index in [4.69, 9.17) is 34.4 Å². The minimum Gasteiger partial charge on any atom is -0.480 e. The fourth-order valence-corrected chi connectivity index (χ4v) is 4.36. The van der Waals surface area contributed by atoms with E-state index in [1.54, 1.807) is 0 Å². The quantitative estimate of drug-likeness (QED) is 0.0181. The van der Waals surface area contributed by atoms with Gasteiger partial charge < -0.3 is 71.2 Å². The second-order valence-corrected chi connectivity index (χ2v) is 11.4. The van der Waals surface area contributed by atoms with Gasteiger partial charge in [-0.05, 0) is 52.0 Å². The number of nitrogens with two attached hydrogens (primary N) is 6. The molecule has 6 atom stereocenters. The molecule has 21 nitrogen and oxygen atoms in total. The van der Waals surface area contributed by atoms with Crippen molar-refractivity contribution in [3.05, 3.63) is 0 Å². The average molecular weight is 720 g/mol. The molecule has 0 heterocycles. The van der Waals surface area contributed by atoms with Crippen molar-refractivity contribution in [3.8, 4) is 0 Å². The summed E-state index contributed by atoms with van der Waals surface area (Å²) in [6.07, 6.45) is 0.577. The van der Waals surface area contributed by atoms with Gasteiger partial charge in [0.15, 0.2) is 11.9 Å². The molecule has 0 saturated heterocycles. The second kappa shape index (κ2) is 24.7. The predicted molar refractivity (Wildman–Crippen MR) is 185 cm³/mol. The Balaban J connectivity index is 5.47. The molecular weight excluding hydrogens is 666 g/mol. The largest absolute Gasteiger partial charge is 0.480 e. The standard InChI is InChI=1S/C27H53N13O8S/c1-14(41)20(40-21(43)15(29)6-2-3-9-28)24(46)38-16(7-4-10-34-26(30)31)22(44)36-12-19(42)37-18(13-49)23(45)39-17(25(47)48)8-5-11-35-27(32)33/h14-18,20,41,49H,2-13,28-29H2,1H3,(H,36,44)(H,37,42)(H,38,46)(H,39,45)(H,40,43)(H,47,48)(H4,30,31,34)(H4,32,33,35)/t14-,15+,16-,17+,18-,20+/m1/s1. The van der Waals surface area contributed by atoms with E-state index in [0.717, 1.165) is 0 Å². The maximum Gasteiger partial charge on any atom is 0.326 e. The molecule has 0 rings (SSSR count). The molecular formula is C27H53N13O8S. The monoisotopic (exact) mass is 719 g/mol. The minimum atomic E-state index is -1.47. The third kappa shape index (κ3) is 19.9. The number of rotatable bonds is 25. The molecule has 0 bridgehead atoms. The van der Waals surface area contributed by atoms with Crippen molar-refractivity contribution in [2.24, 2.45) is 44.4 Å². The third-order valence-electron chi connectivity index (χ3n) is 6.76. The Morgan fingerprint density at radius 1 is 0.714 bits per heavy atom. The number of guanidine groups is 2. The van der Waals surface area contributed by atoms with Crippen molar-refractivity contribution in [2.75, 3.05) is 31.9 Å². The Kier molecular flexibility index (Phi) is 22.5. The number of amides is 5. The number of aliphatic imine (C=N–C) groups is 2. The van der Waals surface area contributed by atoms with E-state index in [2.05, 4.69) is 49.2 Å². The highest BCUT2D eigenvalue weighted by atomic mass is 32.1. The number of carboxylic acid groups (broad SMARTS) is 1. The van der Waals surface area contributed by atoms with Crippen LogP contribution in [0.1, 0.15) is 51.9 Å². The highest BCUT2D eigenvalue weighted by Crippen LogP contribution is 2.05. The fourth-order valence-electron chi connectivity index (χ4n) is 4.10.